The first-order valence-electron chi connectivity index (χ1n) is 11.9. The number of hydrogen-bond acceptors (Lipinski definition) is 6. The number of nitrogens with zero attached hydrogens (tertiary/aromatic N) is 1. The summed E-state index contributed by atoms with van der Waals surface area (Å²) in [6, 6.07) is 19.0. The number of rotatable bonds is 9. The second kappa shape index (κ2) is 11.4. The number of barbiturate groups is 1. The molecule has 0 saturated carbocycles. The van der Waals surface area contributed by atoms with Crippen LogP contribution in [0.5, 0.6) is 17.2 Å². The van der Waals surface area contributed by atoms with Crippen molar-refractivity contribution in [1.82, 2.24) is 5.32 Å². The zero-order chi connectivity index (χ0) is 26.4. The molecule has 0 spiro atoms. The summed E-state index contributed by atoms with van der Waals surface area (Å²) in [5.41, 5.74) is 2.80. The summed E-state index contributed by atoms with van der Waals surface area (Å²) >= 11 is 0. The summed E-state index contributed by atoms with van der Waals surface area (Å²) in [6.07, 6.45) is 1.43. The Kier molecular flexibility index (Phi) is 7.88. The van der Waals surface area contributed by atoms with E-state index in [1.807, 2.05) is 51.1 Å². The van der Waals surface area contributed by atoms with Crippen LogP contribution in [-0.2, 0) is 9.59 Å². The maximum Gasteiger partial charge on any atom is 0.335 e. The lowest BCUT2D eigenvalue weighted by Gasteiger charge is -2.26. The largest absolute Gasteiger partial charge is 0.490 e. The number of nitrogens with one attached hydrogen (secondary N) is 1. The van der Waals surface area contributed by atoms with Gasteiger partial charge in [-0.15, -0.1) is 0 Å². The van der Waals surface area contributed by atoms with Crippen molar-refractivity contribution in [3.8, 4) is 17.2 Å². The Bertz CT molecular complexity index is 1350. The summed E-state index contributed by atoms with van der Waals surface area (Å²) in [4.78, 5) is 39.1. The van der Waals surface area contributed by atoms with Crippen molar-refractivity contribution in [2.45, 2.75) is 20.8 Å². The molecule has 3 aromatic rings. The van der Waals surface area contributed by atoms with Crippen molar-refractivity contribution in [3.63, 3.8) is 0 Å². The minimum absolute atomic E-state index is 0.163. The number of carbonyl (C=O) groups is 3. The highest BCUT2D eigenvalue weighted by Crippen LogP contribution is 2.30. The molecule has 1 heterocycles. The van der Waals surface area contributed by atoms with Crippen LogP contribution in [0.25, 0.3) is 6.08 Å². The first kappa shape index (κ1) is 25.5. The van der Waals surface area contributed by atoms with Crippen molar-refractivity contribution in [2.24, 2.45) is 0 Å². The van der Waals surface area contributed by atoms with Crippen molar-refractivity contribution in [1.29, 1.82) is 0 Å². The van der Waals surface area contributed by atoms with Gasteiger partial charge in [0.05, 0.1) is 12.3 Å². The number of ether oxygens (including phenoxy) is 3. The van der Waals surface area contributed by atoms with Crippen LogP contribution >= 0.6 is 0 Å². The molecule has 0 unspecified atom stereocenters. The maximum absolute atomic E-state index is 13.2. The molecule has 0 aliphatic carbocycles. The summed E-state index contributed by atoms with van der Waals surface area (Å²) in [7, 11) is 0. The number of anilines is 1. The number of aryl methyl sites for hydroxylation is 2. The van der Waals surface area contributed by atoms with Crippen LogP contribution < -0.4 is 24.4 Å². The number of urea groups is 1. The lowest BCUT2D eigenvalue weighted by molar-refractivity contribution is -0.122. The van der Waals surface area contributed by atoms with Gasteiger partial charge in [0.1, 0.15) is 24.5 Å². The van der Waals surface area contributed by atoms with Crippen molar-refractivity contribution >= 4 is 29.6 Å². The van der Waals surface area contributed by atoms with E-state index in [2.05, 4.69) is 5.32 Å². The number of amides is 4. The van der Waals surface area contributed by atoms with E-state index in [0.29, 0.717) is 42.6 Å². The predicted octanol–water partition coefficient (Wildman–Crippen LogP) is 4.83. The van der Waals surface area contributed by atoms with Gasteiger partial charge in [-0.25, -0.2) is 9.69 Å². The fourth-order valence-corrected chi connectivity index (χ4v) is 3.77. The normalized spacial score (nSPS) is 14.5. The van der Waals surface area contributed by atoms with Crippen LogP contribution in [0.1, 0.15) is 23.6 Å². The zero-order valence-electron chi connectivity index (χ0n) is 20.9. The molecule has 0 atom stereocenters. The third-order valence-corrected chi connectivity index (χ3v) is 5.57. The van der Waals surface area contributed by atoms with E-state index in [1.54, 1.807) is 36.4 Å². The third kappa shape index (κ3) is 6.16. The number of carbonyl (C=O) groups excluding carboxylic acids is 3. The Hall–Kier alpha value is -4.59. The number of imide groups is 2. The van der Waals surface area contributed by atoms with E-state index in [1.165, 1.54) is 6.08 Å². The minimum atomic E-state index is -0.788. The van der Waals surface area contributed by atoms with Gasteiger partial charge in [0.25, 0.3) is 11.8 Å². The van der Waals surface area contributed by atoms with E-state index in [9.17, 15) is 14.4 Å². The summed E-state index contributed by atoms with van der Waals surface area (Å²) in [6.45, 7) is 6.74. The molecular formula is C29H28N2O6. The average molecular weight is 501 g/mol. The van der Waals surface area contributed by atoms with Crippen LogP contribution in [0.3, 0.4) is 0 Å². The zero-order valence-corrected chi connectivity index (χ0v) is 20.9. The van der Waals surface area contributed by atoms with Crippen LogP contribution in [0.15, 0.2) is 72.3 Å². The first-order valence-corrected chi connectivity index (χ1v) is 11.9. The average Bonchev–Trinajstić information content (AvgIpc) is 2.86. The molecule has 190 valence electrons. The Morgan fingerprint density at radius 1 is 0.811 bits per heavy atom. The molecule has 1 N–H and O–H groups in total. The number of hydrogen-bond donors (Lipinski definition) is 1. The molecule has 1 aliphatic heterocycles. The molecule has 0 aromatic heterocycles. The van der Waals surface area contributed by atoms with Crippen molar-refractivity contribution in [2.75, 3.05) is 24.7 Å². The van der Waals surface area contributed by atoms with Crippen molar-refractivity contribution < 1.29 is 28.6 Å². The SMILES string of the molecule is CCOc1cc(C=C2C(=O)NC(=O)N(c3cccc(C)c3)C2=O)ccc1OCCOc1ccc(C)cc1. The number of benzene rings is 3. The van der Waals surface area contributed by atoms with Crippen LogP contribution in [0.2, 0.25) is 0 Å². The molecular weight excluding hydrogens is 472 g/mol. The molecule has 3 aromatic carbocycles. The summed E-state index contributed by atoms with van der Waals surface area (Å²) < 4.78 is 17.3. The van der Waals surface area contributed by atoms with E-state index < -0.39 is 17.8 Å². The molecule has 8 heteroatoms. The molecule has 0 bridgehead atoms. The standard InChI is InChI=1S/C29H28N2O6/c1-4-35-26-18-21(10-13-25(26)37-15-14-36-23-11-8-19(2)9-12-23)17-24-27(32)30-29(34)31(28(24)33)22-7-5-6-20(3)16-22/h5-13,16-18H,4,14-15H2,1-3H3,(H,30,32,34). The summed E-state index contributed by atoms with van der Waals surface area (Å²) in [5, 5.41) is 2.24. The molecule has 37 heavy (non-hydrogen) atoms. The fraction of sp³-hybridized carbons (Fsp3) is 0.207. The van der Waals surface area contributed by atoms with Gasteiger partial charge < -0.3 is 14.2 Å². The highest BCUT2D eigenvalue weighted by molar-refractivity contribution is 6.39. The van der Waals surface area contributed by atoms with E-state index in [4.69, 9.17) is 14.2 Å². The fourth-order valence-electron chi connectivity index (χ4n) is 3.77. The molecule has 1 aliphatic rings. The van der Waals surface area contributed by atoms with Gasteiger partial charge in [0.2, 0.25) is 0 Å². The van der Waals surface area contributed by atoms with E-state index >= 15 is 0 Å². The Morgan fingerprint density at radius 3 is 2.30 bits per heavy atom. The van der Waals surface area contributed by atoms with E-state index in [0.717, 1.165) is 21.8 Å². The Balaban J connectivity index is 1.50. The predicted molar refractivity (Wildman–Crippen MR) is 140 cm³/mol. The monoisotopic (exact) mass is 500 g/mol. The maximum atomic E-state index is 13.2. The Labute approximate surface area is 215 Å². The van der Waals surface area contributed by atoms with Crippen molar-refractivity contribution in [3.05, 3.63) is 89.0 Å². The highest BCUT2D eigenvalue weighted by atomic mass is 16.5. The first-order chi connectivity index (χ1) is 17.9. The second-order valence-corrected chi connectivity index (χ2v) is 8.45. The van der Waals surface area contributed by atoms with Gasteiger partial charge in [-0.3, -0.25) is 14.9 Å². The smallest absolute Gasteiger partial charge is 0.335 e. The second-order valence-electron chi connectivity index (χ2n) is 8.45. The minimum Gasteiger partial charge on any atom is -0.490 e. The highest BCUT2D eigenvalue weighted by Gasteiger charge is 2.36. The molecule has 8 nitrogen and oxygen atoms in total. The van der Waals surface area contributed by atoms with Gasteiger partial charge >= 0.3 is 6.03 Å². The molecule has 4 rings (SSSR count). The lowest BCUT2D eigenvalue weighted by atomic mass is 10.1. The Morgan fingerprint density at radius 2 is 1.57 bits per heavy atom. The van der Waals surface area contributed by atoms with Crippen LogP contribution in [-0.4, -0.2) is 37.7 Å². The van der Waals surface area contributed by atoms with E-state index in [-0.39, 0.29) is 5.57 Å². The van der Waals surface area contributed by atoms with Crippen LogP contribution in [0, 0.1) is 13.8 Å². The van der Waals surface area contributed by atoms with Gasteiger partial charge in [-0.1, -0.05) is 35.9 Å². The molecule has 0 radical (unpaired) electrons. The van der Waals surface area contributed by atoms with Gasteiger partial charge in [0, 0.05) is 0 Å². The van der Waals surface area contributed by atoms with Gasteiger partial charge in [-0.05, 0) is 74.4 Å². The lowest BCUT2D eigenvalue weighted by Crippen LogP contribution is -2.54. The molecule has 1 saturated heterocycles. The van der Waals surface area contributed by atoms with Gasteiger partial charge in [0.15, 0.2) is 11.5 Å². The summed E-state index contributed by atoms with van der Waals surface area (Å²) in [5.74, 6) is 0.265. The van der Waals surface area contributed by atoms with Gasteiger partial charge in [-0.2, -0.15) is 0 Å². The van der Waals surface area contributed by atoms with Crippen LogP contribution in [0.4, 0.5) is 10.5 Å². The molecule has 4 amide bonds. The third-order valence-electron chi connectivity index (χ3n) is 5.57. The molecule has 1 fully saturated rings. The quantitative estimate of drug-likeness (QED) is 0.257. The topological polar surface area (TPSA) is 94.2 Å².